The van der Waals surface area contributed by atoms with Crippen molar-refractivity contribution in [3.63, 3.8) is 0 Å². The number of anilines is 6. The number of benzene rings is 1. The second-order valence-corrected chi connectivity index (χ2v) is 12.2. The van der Waals surface area contributed by atoms with E-state index >= 15 is 0 Å². The van der Waals surface area contributed by atoms with Gasteiger partial charge in [-0.1, -0.05) is 11.6 Å². The van der Waals surface area contributed by atoms with Gasteiger partial charge in [0.1, 0.15) is 10.8 Å². The van der Waals surface area contributed by atoms with Gasteiger partial charge >= 0.3 is 36.1 Å². The number of aromatic nitrogens is 5. The number of aryl methyl sites for hydroxylation is 3. The molecule has 6 bridgehead atoms. The predicted octanol–water partition coefficient (Wildman–Crippen LogP) is 6.56. The van der Waals surface area contributed by atoms with Gasteiger partial charge in [0.15, 0.2) is 5.82 Å². The number of ketones is 2. The van der Waals surface area contributed by atoms with Gasteiger partial charge in [0.2, 0.25) is 12.2 Å². The minimum Gasteiger partial charge on any atom is -0.352 e. The number of urea groups is 1. The number of aldehydes is 1. The Morgan fingerprint density at radius 2 is 1.42 bits per heavy atom. The minimum atomic E-state index is -5.77. The molecule has 24 heteroatoms. The average molecular weight is 835 g/mol. The fraction of sp³-hybridized carbons (Fsp3) is 0.303. The van der Waals surface area contributed by atoms with Crippen LogP contribution in [-0.2, 0) is 27.2 Å². The maximum absolute atomic E-state index is 13.3. The van der Waals surface area contributed by atoms with E-state index in [1.165, 1.54) is 0 Å². The van der Waals surface area contributed by atoms with Crippen LogP contribution < -0.4 is 20.9 Å². The maximum atomic E-state index is 13.3. The lowest BCUT2D eigenvalue weighted by Gasteiger charge is -2.35. The van der Waals surface area contributed by atoms with Gasteiger partial charge in [0.25, 0.3) is 0 Å². The van der Waals surface area contributed by atoms with E-state index < -0.39 is 36.4 Å². The summed E-state index contributed by atoms with van der Waals surface area (Å²) in [5.41, 5.74) is 5.29. The number of fused-ring (bicyclic) bond motifs is 6. The van der Waals surface area contributed by atoms with Crippen molar-refractivity contribution in [2.45, 2.75) is 38.3 Å². The Morgan fingerprint density at radius 1 is 0.789 bits per heavy atom. The summed E-state index contributed by atoms with van der Waals surface area (Å²) in [7, 11) is 0. The summed E-state index contributed by atoms with van der Waals surface area (Å²) >= 11 is 6.38. The first-order valence-corrected chi connectivity index (χ1v) is 16.5. The van der Waals surface area contributed by atoms with Crippen molar-refractivity contribution in [3.8, 4) is 0 Å². The summed E-state index contributed by atoms with van der Waals surface area (Å²) in [6.07, 6.45) is -7.17. The molecule has 6 rings (SSSR count). The Labute approximate surface area is 320 Å². The first-order chi connectivity index (χ1) is 26.6. The van der Waals surface area contributed by atoms with Crippen molar-refractivity contribution in [3.05, 3.63) is 77.1 Å². The van der Waals surface area contributed by atoms with Gasteiger partial charge in [0, 0.05) is 49.9 Å². The molecule has 1 saturated heterocycles. The van der Waals surface area contributed by atoms with Gasteiger partial charge in [-0.15, -0.1) is 0 Å². The monoisotopic (exact) mass is 834 g/mol. The number of carbonyl (C=O) groups is 4. The predicted molar refractivity (Wildman–Crippen MR) is 186 cm³/mol. The van der Waals surface area contributed by atoms with Crippen LogP contribution in [0.1, 0.15) is 16.8 Å². The van der Waals surface area contributed by atoms with Crippen molar-refractivity contribution in [1.29, 1.82) is 0 Å². The fourth-order valence-electron chi connectivity index (χ4n) is 4.95. The highest BCUT2D eigenvalue weighted by atomic mass is 35.5. The van der Waals surface area contributed by atoms with E-state index in [0.717, 1.165) is 46.1 Å². The van der Waals surface area contributed by atoms with Crippen molar-refractivity contribution >= 4 is 70.1 Å². The summed E-state index contributed by atoms with van der Waals surface area (Å²) in [6.45, 7) is 4.50. The third-order valence-corrected chi connectivity index (χ3v) is 7.85. The molecule has 4 aromatic rings. The molecule has 0 spiro atoms. The Balaban J connectivity index is 0.000000334. The molecule has 14 nitrogen and oxygen atoms in total. The zero-order valence-electron chi connectivity index (χ0n) is 29.1. The highest BCUT2D eigenvalue weighted by molar-refractivity contribution is 6.41. The lowest BCUT2D eigenvalue weighted by molar-refractivity contribution is -0.193. The lowest BCUT2D eigenvalue weighted by Crippen LogP contribution is -2.50. The molecule has 3 aromatic heterocycles. The normalized spacial score (nSPS) is 13.9. The number of Topliss-reactive ketones (excluding diaryl/α,β-unsaturated/α-hetero) is 2. The topological polar surface area (TPSA) is 175 Å². The van der Waals surface area contributed by atoms with E-state index in [9.17, 15) is 53.9 Å². The van der Waals surface area contributed by atoms with Crippen LogP contribution in [-0.4, -0.2) is 98.4 Å². The molecule has 0 aliphatic carbocycles. The molecule has 5 heterocycles. The van der Waals surface area contributed by atoms with E-state index in [4.69, 9.17) is 16.4 Å². The third-order valence-electron chi connectivity index (χ3n) is 7.58. The summed E-state index contributed by atoms with van der Waals surface area (Å²) in [6, 6.07) is 7.74. The number of piperazine rings is 1. The number of nitrogens with zero attached hydrogens (tertiary/aromatic N) is 7. The Kier molecular flexibility index (Phi) is 13.9. The maximum Gasteiger partial charge on any atom is 0.458 e. The van der Waals surface area contributed by atoms with Gasteiger partial charge in [-0.25, -0.2) is 14.8 Å². The minimum absolute atomic E-state index is 0.124. The summed E-state index contributed by atoms with van der Waals surface area (Å²) in [5.74, 6) is -5.07. The molecule has 2 aliphatic heterocycles. The van der Waals surface area contributed by atoms with Gasteiger partial charge in [-0.05, 0) is 55.2 Å². The highest BCUT2D eigenvalue weighted by Crippen LogP contribution is 2.30. The third kappa shape index (κ3) is 13.0. The average Bonchev–Trinajstić information content (AvgIpc) is 3.15. The number of nitrogens with one attached hydrogen (secondary N) is 3. The lowest BCUT2D eigenvalue weighted by atomic mass is 10.0. The van der Waals surface area contributed by atoms with E-state index in [2.05, 4.69) is 45.8 Å². The Hall–Kier alpha value is -6.13. The molecular weight excluding hydrogens is 807 g/mol. The van der Waals surface area contributed by atoms with Crippen LogP contribution in [0.15, 0.2) is 55.2 Å². The molecule has 0 radical (unpaired) electrons. The molecule has 0 unspecified atom stereocenters. The molecule has 0 saturated carbocycles. The van der Waals surface area contributed by atoms with Crippen LogP contribution in [0.4, 0.5) is 79.0 Å². The van der Waals surface area contributed by atoms with E-state index in [1.807, 2.05) is 42.3 Å². The SMILES string of the molecule is Cc1cncc(N2CCN(C(=O)Nc3ccc4cc3CCc3cncc(c3)Nc3ncc(Cl)c(n3)N4)CC2)n1.O=C(C(=O)C(F)(F)F)C(F)(F)F.O=CC(F)(F)F. The number of carbonyl (C=O) groups excluding carboxylic acids is 4. The smallest absolute Gasteiger partial charge is 0.352 e. The van der Waals surface area contributed by atoms with Crippen molar-refractivity contribution in [1.82, 2.24) is 29.8 Å². The van der Waals surface area contributed by atoms with Crippen LogP contribution in [0.2, 0.25) is 5.02 Å². The van der Waals surface area contributed by atoms with E-state index in [1.54, 1.807) is 24.8 Å². The number of alkyl halides is 9. The number of hydrogen-bond acceptors (Lipinski definition) is 12. The molecule has 1 fully saturated rings. The molecule has 0 atom stereocenters. The van der Waals surface area contributed by atoms with Crippen molar-refractivity contribution < 1.29 is 58.7 Å². The molecule has 2 amide bonds. The summed E-state index contributed by atoms with van der Waals surface area (Å²) in [4.78, 5) is 67.2. The number of pyridine rings is 1. The second kappa shape index (κ2) is 18.2. The van der Waals surface area contributed by atoms with Crippen LogP contribution in [0, 0.1) is 6.92 Å². The zero-order valence-corrected chi connectivity index (χ0v) is 29.8. The molecule has 2 aliphatic rings. The highest BCUT2D eigenvalue weighted by Gasteiger charge is 2.54. The quantitative estimate of drug-likeness (QED) is 0.115. The molecule has 1 aromatic carbocycles. The standard InChI is InChI=1S/C27H27ClN10O.C4F6O2.C2HF3O/c1-17-12-29-16-24(32-17)37-6-8-38(9-7-37)27(39)35-23-5-4-20-11-19(23)3-2-18-10-21(14-30-13-18)34-26-31-15-22(28)25(33-20)36-26;5-3(6,7)1(11)2(12)4(8,9)10;3-2(4,5)1-6/h4-5,10-16H,2-3,6-9H2,1H3,(H,35,39)(H2,31,33,34,36);;1H. The van der Waals surface area contributed by atoms with Crippen LogP contribution >= 0.6 is 11.6 Å². The van der Waals surface area contributed by atoms with Gasteiger partial charge in [-0.2, -0.15) is 44.5 Å². The number of rotatable bonds is 3. The molecule has 3 N–H and O–H groups in total. The number of halogens is 10. The van der Waals surface area contributed by atoms with Crippen LogP contribution in [0.3, 0.4) is 0 Å². The Morgan fingerprint density at radius 3 is 2.02 bits per heavy atom. The largest absolute Gasteiger partial charge is 0.458 e. The first-order valence-electron chi connectivity index (χ1n) is 16.1. The van der Waals surface area contributed by atoms with E-state index in [-0.39, 0.29) is 6.03 Å². The van der Waals surface area contributed by atoms with E-state index in [0.29, 0.717) is 49.4 Å². The Bertz CT molecular complexity index is 2070. The summed E-state index contributed by atoms with van der Waals surface area (Å²) < 4.78 is 98.2. The number of hydrogen-bond donors (Lipinski definition) is 3. The second-order valence-electron chi connectivity index (χ2n) is 11.8. The zero-order chi connectivity index (χ0) is 42.1. The molecular formula is C33H28ClF9N10O4. The van der Waals surface area contributed by atoms with Crippen LogP contribution in [0.5, 0.6) is 0 Å². The summed E-state index contributed by atoms with van der Waals surface area (Å²) in [5, 5.41) is 10.0. The van der Waals surface area contributed by atoms with Crippen LogP contribution in [0.25, 0.3) is 0 Å². The van der Waals surface area contributed by atoms with Gasteiger partial charge in [-0.3, -0.25) is 24.4 Å². The van der Waals surface area contributed by atoms with Crippen molar-refractivity contribution in [2.75, 3.05) is 47.0 Å². The fourth-order valence-corrected chi connectivity index (χ4v) is 5.08. The first kappa shape index (κ1) is 43.6. The van der Waals surface area contributed by atoms with Gasteiger partial charge < -0.3 is 25.8 Å². The molecule has 304 valence electrons. The number of amides is 2. The molecule has 57 heavy (non-hydrogen) atoms. The van der Waals surface area contributed by atoms with Crippen molar-refractivity contribution in [2.24, 2.45) is 0 Å². The van der Waals surface area contributed by atoms with Gasteiger partial charge in [0.05, 0.1) is 30.0 Å².